The molecule has 1 heterocycles. The Hall–Kier alpha value is -5.12. The monoisotopic (exact) mass is 764 g/mol. The molecule has 1 aliphatic heterocycles. The zero-order valence-corrected chi connectivity index (χ0v) is 32.7. The molecule has 5 unspecified atom stereocenters. The average Bonchev–Trinajstić information content (AvgIpc) is 3.26. The van der Waals surface area contributed by atoms with Crippen molar-refractivity contribution in [3.63, 3.8) is 0 Å². The van der Waals surface area contributed by atoms with E-state index >= 15 is 0 Å². The molecule has 1 aliphatic rings. The number of aryl methyl sites for hydroxylation is 1. The zero-order chi connectivity index (χ0) is 39.3. The predicted molar refractivity (Wildman–Crippen MR) is 222 cm³/mol. The van der Waals surface area contributed by atoms with Crippen molar-refractivity contribution >= 4 is 0 Å². The van der Waals surface area contributed by atoms with Crippen LogP contribution < -0.4 is 4.74 Å². The minimum atomic E-state index is -1.99. The second-order valence-electron chi connectivity index (χ2n) is 14.5. The van der Waals surface area contributed by atoms with E-state index in [-0.39, 0.29) is 19.8 Å². The maximum Gasteiger partial charge on any atom is 0.222 e. The van der Waals surface area contributed by atoms with Crippen molar-refractivity contribution in [1.82, 2.24) is 0 Å². The van der Waals surface area contributed by atoms with Crippen molar-refractivity contribution in [1.29, 1.82) is 0 Å². The van der Waals surface area contributed by atoms with Crippen molar-refractivity contribution < 1.29 is 33.5 Å². The first-order chi connectivity index (χ1) is 28.0. The molecule has 1 saturated heterocycles. The van der Waals surface area contributed by atoms with Crippen molar-refractivity contribution in [2.75, 3.05) is 13.7 Å². The van der Waals surface area contributed by atoms with Crippen LogP contribution in [0.2, 0.25) is 0 Å². The molecule has 1 N–H and O–H groups in total. The van der Waals surface area contributed by atoms with E-state index in [2.05, 4.69) is 31.2 Å². The molecule has 0 amide bonds. The molecule has 57 heavy (non-hydrogen) atoms. The summed E-state index contributed by atoms with van der Waals surface area (Å²) in [5.74, 6) is -1.28. The van der Waals surface area contributed by atoms with Gasteiger partial charge < -0.3 is 33.5 Å². The van der Waals surface area contributed by atoms with Crippen LogP contribution in [0.5, 0.6) is 5.75 Å². The minimum Gasteiger partial charge on any atom is -0.496 e. The van der Waals surface area contributed by atoms with Crippen LogP contribution in [0.15, 0.2) is 164 Å². The van der Waals surface area contributed by atoms with Gasteiger partial charge in [-0.3, -0.25) is 0 Å². The van der Waals surface area contributed by atoms with E-state index < -0.39 is 30.2 Å². The number of rotatable bonds is 18. The van der Waals surface area contributed by atoms with Crippen molar-refractivity contribution in [2.45, 2.75) is 76.4 Å². The van der Waals surface area contributed by atoms with Crippen LogP contribution in [-0.2, 0) is 68.7 Å². The van der Waals surface area contributed by atoms with Gasteiger partial charge in [-0.2, -0.15) is 0 Å². The first-order valence-electron chi connectivity index (χ1n) is 19.8. The van der Waals surface area contributed by atoms with Gasteiger partial charge in [0, 0.05) is 12.0 Å². The van der Waals surface area contributed by atoms with E-state index in [1.54, 1.807) is 7.11 Å². The predicted octanol–water partition coefficient (Wildman–Crippen LogP) is 9.37. The first-order valence-corrected chi connectivity index (χ1v) is 19.8. The van der Waals surface area contributed by atoms with E-state index in [4.69, 9.17) is 28.4 Å². The lowest BCUT2D eigenvalue weighted by Crippen LogP contribution is -2.65. The van der Waals surface area contributed by atoms with Gasteiger partial charge in [0.25, 0.3) is 0 Å². The Morgan fingerprint density at radius 1 is 0.544 bits per heavy atom. The van der Waals surface area contributed by atoms with Crippen LogP contribution >= 0.6 is 0 Å². The largest absolute Gasteiger partial charge is 0.496 e. The smallest absolute Gasteiger partial charge is 0.222 e. The number of benzene rings is 6. The Morgan fingerprint density at radius 2 is 1.04 bits per heavy atom. The highest BCUT2D eigenvalue weighted by Gasteiger charge is 2.57. The molecule has 7 heteroatoms. The highest BCUT2D eigenvalue weighted by Crippen LogP contribution is 2.43. The highest BCUT2D eigenvalue weighted by atomic mass is 16.7. The lowest BCUT2D eigenvalue weighted by Gasteiger charge is -2.50. The van der Waals surface area contributed by atoms with Crippen LogP contribution in [0.4, 0.5) is 0 Å². The van der Waals surface area contributed by atoms with Gasteiger partial charge in [0.05, 0.1) is 40.1 Å². The van der Waals surface area contributed by atoms with E-state index in [0.29, 0.717) is 30.9 Å². The van der Waals surface area contributed by atoms with Gasteiger partial charge >= 0.3 is 0 Å². The molecule has 6 aromatic carbocycles. The molecule has 0 radical (unpaired) electrons. The second kappa shape index (κ2) is 19.8. The number of ether oxygens (including phenoxy) is 6. The van der Waals surface area contributed by atoms with Crippen molar-refractivity contribution in [3.05, 3.63) is 208 Å². The summed E-state index contributed by atoms with van der Waals surface area (Å²) in [5, 5.41) is 13.3. The summed E-state index contributed by atoms with van der Waals surface area (Å²) >= 11 is 0. The van der Waals surface area contributed by atoms with Gasteiger partial charge in [-0.05, 0) is 63.6 Å². The van der Waals surface area contributed by atoms with Gasteiger partial charge in [0.2, 0.25) is 5.79 Å². The van der Waals surface area contributed by atoms with Gasteiger partial charge in [0.15, 0.2) is 0 Å². The van der Waals surface area contributed by atoms with Crippen LogP contribution in [-0.4, -0.2) is 43.2 Å². The summed E-state index contributed by atoms with van der Waals surface area (Å²) in [6.45, 7) is 3.39. The molecule has 1 fully saturated rings. The van der Waals surface area contributed by atoms with Crippen LogP contribution in [0.25, 0.3) is 0 Å². The molecular formula is C50H52O7. The normalized spacial score (nSPS) is 20.6. The molecule has 5 atom stereocenters. The Kier molecular flexibility index (Phi) is 14.0. The molecule has 7 nitrogen and oxygen atoms in total. The minimum absolute atomic E-state index is 0.125. The fourth-order valence-electron chi connectivity index (χ4n) is 7.34. The average molecular weight is 765 g/mol. The summed E-state index contributed by atoms with van der Waals surface area (Å²) in [6.07, 6.45) is -1.72. The Bertz CT molecular complexity index is 2080. The number of aliphatic hydroxyl groups is 1. The van der Waals surface area contributed by atoms with Gasteiger partial charge in [-0.25, -0.2) is 0 Å². The van der Waals surface area contributed by atoms with Crippen LogP contribution in [0.3, 0.4) is 0 Å². The maximum absolute atomic E-state index is 13.3. The van der Waals surface area contributed by atoms with Gasteiger partial charge in [-0.1, -0.05) is 153 Å². The lowest BCUT2D eigenvalue weighted by molar-refractivity contribution is -0.378. The summed E-state index contributed by atoms with van der Waals surface area (Å²) in [6, 6.07) is 54.2. The highest BCUT2D eigenvalue weighted by molar-refractivity contribution is 5.43. The quantitative estimate of drug-likeness (QED) is 0.0935. The van der Waals surface area contributed by atoms with Gasteiger partial charge in [-0.15, -0.1) is 0 Å². The van der Waals surface area contributed by atoms with E-state index in [0.717, 1.165) is 39.8 Å². The topological polar surface area (TPSA) is 75.6 Å². The summed E-state index contributed by atoms with van der Waals surface area (Å²) in [5.41, 5.74) is 7.77. The second-order valence-corrected chi connectivity index (χ2v) is 14.5. The van der Waals surface area contributed by atoms with E-state index in [9.17, 15) is 5.11 Å². The third-order valence-corrected chi connectivity index (χ3v) is 10.5. The fraction of sp³-hybridized carbons (Fsp3) is 0.280. The molecule has 6 aromatic rings. The number of hydrogen-bond donors (Lipinski definition) is 1. The van der Waals surface area contributed by atoms with Gasteiger partial charge in [0.1, 0.15) is 30.2 Å². The molecule has 0 aliphatic carbocycles. The first kappa shape index (κ1) is 40.1. The SMILES string of the molecule is CCc1ccc(Cc2cc(C3(O)OC(COCc4ccccc4)C(OCc4ccccc4)C(OCc4ccccc4)C3OCc3ccccc3)ccc2OC)cc1. The Labute approximate surface area is 336 Å². The maximum atomic E-state index is 13.3. The zero-order valence-electron chi connectivity index (χ0n) is 32.7. The van der Waals surface area contributed by atoms with E-state index in [1.807, 2.05) is 140 Å². The molecule has 0 saturated carbocycles. The molecular weight excluding hydrogens is 713 g/mol. The third kappa shape index (κ3) is 10.4. The fourth-order valence-corrected chi connectivity index (χ4v) is 7.34. The Morgan fingerprint density at radius 3 is 1.56 bits per heavy atom. The van der Waals surface area contributed by atoms with Crippen molar-refractivity contribution in [2.24, 2.45) is 0 Å². The van der Waals surface area contributed by atoms with Crippen molar-refractivity contribution in [3.8, 4) is 5.75 Å². The van der Waals surface area contributed by atoms with E-state index in [1.165, 1.54) is 5.56 Å². The number of methoxy groups -OCH3 is 1. The molecule has 0 aromatic heterocycles. The number of hydrogen-bond acceptors (Lipinski definition) is 7. The molecule has 7 rings (SSSR count). The Balaban J connectivity index is 1.30. The third-order valence-electron chi connectivity index (χ3n) is 10.5. The summed E-state index contributed by atoms with van der Waals surface area (Å²) in [7, 11) is 1.67. The summed E-state index contributed by atoms with van der Waals surface area (Å²) < 4.78 is 39.7. The lowest BCUT2D eigenvalue weighted by atomic mass is 9.86. The van der Waals surface area contributed by atoms with Crippen LogP contribution in [0.1, 0.15) is 51.4 Å². The molecule has 0 spiro atoms. The molecule has 294 valence electrons. The summed E-state index contributed by atoms with van der Waals surface area (Å²) in [4.78, 5) is 0. The standard InChI is InChI=1S/C50H52O7/c1-3-37-24-26-38(27-25-37)30-43-31-44(28-29-45(43)52-2)50(51)49(56-35-42-22-14-7-15-23-42)48(55-34-41-20-12-6-13-21-41)47(54-33-40-18-10-5-11-19-40)46(57-50)36-53-32-39-16-8-4-9-17-39/h4-29,31,46-49,51H,3,30,32-36H2,1-2H3. The van der Waals surface area contributed by atoms with Crippen LogP contribution in [0, 0.1) is 0 Å². The molecule has 0 bridgehead atoms.